The number of hydrogen-bond acceptors (Lipinski definition) is 8. The molecule has 1 aliphatic rings. The topological polar surface area (TPSA) is 125 Å². The van der Waals surface area contributed by atoms with E-state index >= 15 is 0 Å². The first-order valence-electron chi connectivity index (χ1n) is 8.48. The Labute approximate surface area is 151 Å². The highest BCUT2D eigenvalue weighted by molar-refractivity contribution is 5.78. The molecule has 0 amide bonds. The molecule has 0 aliphatic carbocycles. The fourth-order valence-corrected chi connectivity index (χ4v) is 3.19. The lowest BCUT2D eigenvalue weighted by Gasteiger charge is -2.34. The summed E-state index contributed by atoms with van der Waals surface area (Å²) in [6.45, 7) is 7.12. The van der Waals surface area contributed by atoms with E-state index < -0.39 is 22.1 Å². The van der Waals surface area contributed by atoms with Crippen LogP contribution in [0.5, 0.6) is 0 Å². The molecule has 0 bridgehead atoms. The van der Waals surface area contributed by atoms with Gasteiger partial charge in [0.25, 0.3) is 5.69 Å². The second-order valence-electron chi connectivity index (χ2n) is 6.73. The van der Waals surface area contributed by atoms with Gasteiger partial charge in [-0.3, -0.25) is 25.1 Å². The number of rotatable bonds is 7. The number of aliphatic hydroxyl groups excluding tert-OH is 1. The van der Waals surface area contributed by atoms with Crippen molar-refractivity contribution in [3.8, 4) is 0 Å². The normalized spacial score (nSPS) is 17.1. The first-order valence-corrected chi connectivity index (χ1v) is 8.48. The number of nitro groups is 2. The minimum Gasteiger partial charge on any atom is -0.392 e. The maximum Gasteiger partial charge on any atom is 0.302 e. The molecule has 1 saturated heterocycles. The molecule has 1 aliphatic heterocycles. The number of aliphatic hydroxyl groups is 1. The van der Waals surface area contributed by atoms with Crippen molar-refractivity contribution in [2.75, 3.05) is 45.1 Å². The van der Waals surface area contributed by atoms with Gasteiger partial charge in [0.2, 0.25) is 0 Å². The Morgan fingerprint density at radius 2 is 1.85 bits per heavy atom. The highest BCUT2D eigenvalue weighted by atomic mass is 16.6. The van der Waals surface area contributed by atoms with Gasteiger partial charge >= 0.3 is 5.69 Å². The quantitative estimate of drug-likeness (QED) is 0.546. The van der Waals surface area contributed by atoms with Gasteiger partial charge in [0.15, 0.2) is 5.69 Å². The average Bonchev–Trinajstić information content (AvgIpc) is 2.56. The van der Waals surface area contributed by atoms with E-state index in [1.54, 1.807) is 0 Å². The van der Waals surface area contributed by atoms with Gasteiger partial charge in [-0.2, -0.15) is 0 Å². The highest BCUT2D eigenvalue weighted by Crippen LogP contribution is 2.39. The SMILES string of the molecule is Cc1c(CO)cc([N+](=O)[O-])c(NC(C)CN2CCN(C)CC2)c1[N+](=O)[O-]. The minimum atomic E-state index is -0.656. The predicted molar refractivity (Wildman–Crippen MR) is 97.4 cm³/mol. The number of nitrogens with zero attached hydrogens (tertiary/aromatic N) is 4. The third-order valence-corrected chi connectivity index (χ3v) is 4.71. The molecule has 26 heavy (non-hydrogen) atoms. The molecule has 0 aromatic heterocycles. The van der Waals surface area contributed by atoms with Crippen molar-refractivity contribution in [3.63, 3.8) is 0 Å². The molecule has 144 valence electrons. The van der Waals surface area contributed by atoms with Crippen molar-refractivity contribution in [1.82, 2.24) is 9.80 Å². The summed E-state index contributed by atoms with van der Waals surface area (Å²) in [6.07, 6.45) is 0. The van der Waals surface area contributed by atoms with Crippen molar-refractivity contribution in [1.29, 1.82) is 0 Å². The summed E-state index contributed by atoms with van der Waals surface area (Å²) in [4.78, 5) is 26.1. The summed E-state index contributed by atoms with van der Waals surface area (Å²) in [7, 11) is 2.05. The zero-order chi connectivity index (χ0) is 19.4. The van der Waals surface area contributed by atoms with E-state index in [4.69, 9.17) is 0 Å². The molecule has 2 rings (SSSR count). The molecule has 0 spiro atoms. The van der Waals surface area contributed by atoms with Gasteiger partial charge in [0.05, 0.1) is 16.5 Å². The van der Waals surface area contributed by atoms with E-state index in [-0.39, 0.29) is 28.5 Å². The Morgan fingerprint density at radius 1 is 1.23 bits per heavy atom. The van der Waals surface area contributed by atoms with Crippen LogP contribution in [0.3, 0.4) is 0 Å². The largest absolute Gasteiger partial charge is 0.392 e. The molecule has 0 saturated carbocycles. The third-order valence-electron chi connectivity index (χ3n) is 4.71. The summed E-state index contributed by atoms with van der Waals surface area (Å²) in [5.74, 6) is 0. The van der Waals surface area contributed by atoms with Crippen molar-refractivity contribution in [3.05, 3.63) is 37.4 Å². The lowest BCUT2D eigenvalue weighted by molar-refractivity contribution is -0.392. The second kappa shape index (κ2) is 8.39. The van der Waals surface area contributed by atoms with Gasteiger partial charge in [0.1, 0.15) is 0 Å². The van der Waals surface area contributed by atoms with Gasteiger partial charge in [0, 0.05) is 50.4 Å². The molecule has 1 atom stereocenters. The Morgan fingerprint density at radius 3 is 2.35 bits per heavy atom. The molecule has 1 fully saturated rings. The van der Waals surface area contributed by atoms with E-state index in [9.17, 15) is 25.3 Å². The van der Waals surface area contributed by atoms with Gasteiger partial charge in [-0.05, 0) is 26.5 Å². The van der Waals surface area contributed by atoms with Crippen molar-refractivity contribution < 1.29 is 15.0 Å². The van der Waals surface area contributed by atoms with Crippen molar-refractivity contribution in [2.45, 2.75) is 26.5 Å². The number of likely N-dealkylation sites (N-methyl/N-ethyl adjacent to an activating group) is 1. The number of hydrogen-bond donors (Lipinski definition) is 2. The second-order valence-corrected chi connectivity index (χ2v) is 6.73. The van der Waals surface area contributed by atoms with E-state index in [1.807, 2.05) is 6.92 Å². The molecular weight excluding hydrogens is 342 g/mol. The van der Waals surface area contributed by atoms with Crippen LogP contribution in [-0.4, -0.2) is 70.6 Å². The number of piperazine rings is 1. The van der Waals surface area contributed by atoms with Crippen molar-refractivity contribution in [2.24, 2.45) is 0 Å². The third kappa shape index (κ3) is 4.45. The zero-order valence-electron chi connectivity index (χ0n) is 15.3. The monoisotopic (exact) mass is 367 g/mol. The van der Waals surface area contributed by atoms with Crippen LogP contribution in [0.25, 0.3) is 0 Å². The Kier molecular flexibility index (Phi) is 6.46. The van der Waals surface area contributed by atoms with Crippen LogP contribution < -0.4 is 5.32 Å². The molecule has 1 aromatic rings. The average molecular weight is 367 g/mol. The fourth-order valence-electron chi connectivity index (χ4n) is 3.19. The number of nitro benzene ring substituents is 2. The van der Waals surface area contributed by atoms with Crippen LogP contribution in [0, 0.1) is 27.2 Å². The number of anilines is 1. The fraction of sp³-hybridized carbons (Fsp3) is 0.625. The van der Waals surface area contributed by atoms with Crippen LogP contribution >= 0.6 is 0 Å². The molecular formula is C16H25N5O5. The van der Waals surface area contributed by atoms with E-state index in [2.05, 4.69) is 22.2 Å². The lowest BCUT2D eigenvalue weighted by Crippen LogP contribution is -2.47. The van der Waals surface area contributed by atoms with Gasteiger partial charge in [-0.1, -0.05) is 0 Å². The molecule has 1 heterocycles. The Bertz CT molecular complexity index is 688. The highest BCUT2D eigenvalue weighted by Gasteiger charge is 2.31. The van der Waals surface area contributed by atoms with Gasteiger partial charge < -0.3 is 15.3 Å². The summed E-state index contributed by atoms with van der Waals surface area (Å²) in [5, 5.41) is 35.3. The molecule has 2 N–H and O–H groups in total. The molecule has 10 nitrogen and oxygen atoms in total. The zero-order valence-corrected chi connectivity index (χ0v) is 15.3. The maximum atomic E-state index is 11.5. The van der Waals surface area contributed by atoms with Gasteiger partial charge in [-0.25, -0.2) is 0 Å². The summed E-state index contributed by atoms with van der Waals surface area (Å²) < 4.78 is 0. The maximum absolute atomic E-state index is 11.5. The van der Waals surface area contributed by atoms with E-state index in [0.717, 1.165) is 26.2 Å². The van der Waals surface area contributed by atoms with Crippen LogP contribution in [0.1, 0.15) is 18.1 Å². The van der Waals surface area contributed by atoms with Crippen molar-refractivity contribution >= 4 is 17.1 Å². The Hall–Kier alpha value is -2.30. The molecule has 1 unspecified atom stereocenters. The minimum absolute atomic E-state index is 0.101. The Balaban J connectivity index is 2.30. The standard InChI is InChI=1S/C16H25N5O5/c1-11(9-19-6-4-18(3)5-7-19)17-15-14(20(23)24)8-13(10-22)12(2)16(15)21(25)26/h8,11,17,22H,4-7,9-10H2,1-3H3. The van der Waals surface area contributed by atoms with Crippen LogP contribution in [0.2, 0.25) is 0 Å². The van der Waals surface area contributed by atoms with E-state index in [0.29, 0.717) is 6.54 Å². The van der Waals surface area contributed by atoms with E-state index in [1.165, 1.54) is 13.0 Å². The smallest absolute Gasteiger partial charge is 0.302 e. The first-order chi connectivity index (χ1) is 12.2. The number of nitrogens with one attached hydrogen (secondary N) is 1. The molecule has 1 aromatic carbocycles. The summed E-state index contributed by atoms with van der Waals surface area (Å²) in [5.41, 5.74) is -0.431. The summed E-state index contributed by atoms with van der Waals surface area (Å²) >= 11 is 0. The van der Waals surface area contributed by atoms with Crippen LogP contribution in [-0.2, 0) is 6.61 Å². The van der Waals surface area contributed by atoms with Crippen LogP contribution in [0.15, 0.2) is 6.07 Å². The molecule has 10 heteroatoms. The first kappa shape index (κ1) is 20.0. The summed E-state index contributed by atoms with van der Waals surface area (Å²) in [6, 6.07) is 0.989. The molecule has 0 radical (unpaired) electrons. The van der Waals surface area contributed by atoms with Gasteiger partial charge in [-0.15, -0.1) is 0 Å². The van der Waals surface area contributed by atoms with Crippen LogP contribution in [0.4, 0.5) is 17.1 Å². The predicted octanol–water partition coefficient (Wildman–Crippen LogP) is 1.35. The lowest BCUT2D eigenvalue weighted by atomic mass is 10.0. The number of benzene rings is 1.